The number of amides is 2. The maximum atomic E-state index is 12.3. The number of ether oxygens (including phenoxy) is 1. The first-order chi connectivity index (χ1) is 11.6. The summed E-state index contributed by atoms with van der Waals surface area (Å²) in [6.45, 7) is 0.341. The monoisotopic (exact) mass is 344 g/mol. The van der Waals surface area contributed by atoms with E-state index in [1.165, 1.54) is 0 Å². The van der Waals surface area contributed by atoms with Crippen molar-refractivity contribution < 1.29 is 14.3 Å². The summed E-state index contributed by atoms with van der Waals surface area (Å²) in [5.41, 5.74) is 1.28. The molecule has 0 aromatic heterocycles. The molecule has 1 aliphatic heterocycles. The molecule has 2 aromatic rings. The van der Waals surface area contributed by atoms with E-state index >= 15 is 0 Å². The number of carbonyl (C=O) groups excluding carboxylic acids is 2. The Kier molecular flexibility index (Phi) is 4.71. The lowest BCUT2D eigenvalue weighted by atomic mass is 10.1. The third-order valence-corrected chi connectivity index (χ3v) is 4.15. The minimum Gasteiger partial charge on any atom is -0.478 e. The summed E-state index contributed by atoms with van der Waals surface area (Å²) in [6.07, 6.45) is -0.202. The predicted octanol–water partition coefficient (Wildman–Crippen LogP) is 2.88. The van der Waals surface area contributed by atoms with E-state index in [1.807, 2.05) is 24.3 Å². The van der Waals surface area contributed by atoms with E-state index in [0.717, 1.165) is 5.69 Å². The molecule has 1 unspecified atom stereocenters. The highest BCUT2D eigenvalue weighted by Crippen LogP contribution is 2.33. The molecule has 1 aliphatic rings. The number of nitrogens with one attached hydrogen (secondary N) is 1. The maximum Gasteiger partial charge on any atom is 0.267 e. The van der Waals surface area contributed by atoms with E-state index in [4.69, 9.17) is 16.3 Å². The van der Waals surface area contributed by atoms with Crippen molar-refractivity contribution in [2.75, 3.05) is 18.5 Å². The average Bonchev–Trinajstić information content (AvgIpc) is 2.59. The van der Waals surface area contributed by atoms with Crippen LogP contribution in [0.2, 0.25) is 5.02 Å². The number of anilines is 1. The molecule has 2 aromatic carbocycles. The van der Waals surface area contributed by atoms with Crippen molar-refractivity contribution in [3.63, 3.8) is 0 Å². The van der Waals surface area contributed by atoms with Crippen LogP contribution in [0.3, 0.4) is 0 Å². The molecule has 1 N–H and O–H groups in total. The van der Waals surface area contributed by atoms with Gasteiger partial charge in [-0.3, -0.25) is 9.59 Å². The lowest BCUT2D eigenvalue weighted by molar-refractivity contribution is -0.126. The SMILES string of the molecule is CN1C(=O)C(CCNC(=O)c2ccc(Cl)cc2)Oc2ccccc21. The normalized spacial score (nSPS) is 16.3. The van der Waals surface area contributed by atoms with Gasteiger partial charge in [-0.1, -0.05) is 23.7 Å². The number of nitrogens with zero attached hydrogens (tertiary/aromatic N) is 1. The van der Waals surface area contributed by atoms with Gasteiger partial charge < -0.3 is 15.0 Å². The Morgan fingerprint density at radius 1 is 1.21 bits per heavy atom. The van der Waals surface area contributed by atoms with Gasteiger partial charge in [-0.05, 0) is 36.4 Å². The van der Waals surface area contributed by atoms with Gasteiger partial charge in [0.15, 0.2) is 6.10 Å². The van der Waals surface area contributed by atoms with Crippen LogP contribution in [0.4, 0.5) is 5.69 Å². The van der Waals surface area contributed by atoms with Gasteiger partial charge in [0.2, 0.25) is 0 Å². The fourth-order valence-electron chi connectivity index (χ4n) is 2.57. The third-order valence-electron chi connectivity index (χ3n) is 3.90. The van der Waals surface area contributed by atoms with Gasteiger partial charge in [-0.25, -0.2) is 0 Å². The Morgan fingerprint density at radius 3 is 2.67 bits per heavy atom. The first-order valence-electron chi connectivity index (χ1n) is 7.63. The van der Waals surface area contributed by atoms with Crippen LogP contribution in [0.1, 0.15) is 16.8 Å². The molecule has 0 fully saturated rings. The van der Waals surface area contributed by atoms with Crippen LogP contribution < -0.4 is 15.0 Å². The summed E-state index contributed by atoms with van der Waals surface area (Å²) in [4.78, 5) is 26.0. The quantitative estimate of drug-likeness (QED) is 0.927. The standard InChI is InChI=1S/C18H17ClN2O3/c1-21-14-4-2-3-5-15(14)24-16(18(21)23)10-11-20-17(22)12-6-8-13(19)9-7-12/h2-9,16H,10-11H2,1H3,(H,20,22). The van der Waals surface area contributed by atoms with Crippen molar-refractivity contribution in [2.45, 2.75) is 12.5 Å². The van der Waals surface area contributed by atoms with Crippen LogP contribution >= 0.6 is 11.6 Å². The molecule has 0 aliphatic carbocycles. The van der Waals surface area contributed by atoms with Crippen LogP contribution in [-0.2, 0) is 4.79 Å². The third kappa shape index (κ3) is 3.36. The Bertz CT molecular complexity index is 761. The van der Waals surface area contributed by atoms with E-state index in [-0.39, 0.29) is 11.8 Å². The van der Waals surface area contributed by atoms with Crippen LogP contribution in [0.15, 0.2) is 48.5 Å². The Labute approximate surface area is 145 Å². The Balaban J connectivity index is 1.58. The van der Waals surface area contributed by atoms with Gasteiger partial charge >= 0.3 is 0 Å². The molecule has 1 atom stereocenters. The van der Waals surface area contributed by atoms with Crippen molar-refractivity contribution >= 4 is 29.1 Å². The topological polar surface area (TPSA) is 58.6 Å². The molecule has 124 valence electrons. The highest BCUT2D eigenvalue weighted by Gasteiger charge is 2.31. The first-order valence-corrected chi connectivity index (χ1v) is 8.01. The largest absolute Gasteiger partial charge is 0.478 e. The van der Waals surface area contributed by atoms with Crippen LogP contribution in [0.25, 0.3) is 0 Å². The molecule has 0 spiro atoms. The van der Waals surface area contributed by atoms with Gasteiger partial charge in [0.05, 0.1) is 5.69 Å². The molecule has 1 heterocycles. The van der Waals surface area contributed by atoms with Crippen LogP contribution in [0, 0.1) is 0 Å². The van der Waals surface area contributed by atoms with E-state index in [0.29, 0.717) is 29.3 Å². The molecule has 0 saturated heterocycles. The number of carbonyl (C=O) groups is 2. The molecule has 24 heavy (non-hydrogen) atoms. The second kappa shape index (κ2) is 6.93. The number of halogens is 1. The summed E-state index contributed by atoms with van der Waals surface area (Å²) in [6, 6.07) is 14.0. The minimum absolute atomic E-state index is 0.116. The van der Waals surface area contributed by atoms with Crippen molar-refractivity contribution in [1.29, 1.82) is 0 Å². The summed E-state index contributed by atoms with van der Waals surface area (Å²) >= 11 is 5.80. The van der Waals surface area contributed by atoms with Crippen LogP contribution in [-0.4, -0.2) is 31.5 Å². The predicted molar refractivity (Wildman–Crippen MR) is 92.7 cm³/mol. The second-order valence-corrected chi connectivity index (χ2v) is 5.96. The number of likely N-dealkylation sites (N-methyl/N-ethyl adjacent to an activating group) is 1. The summed E-state index contributed by atoms with van der Waals surface area (Å²) in [7, 11) is 1.73. The summed E-state index contributed by atoms with van der Waals surface area (Å²) in [5, 5.41) is 3.37. The number of para-hydroxylation sites is 2. The molecule has 6 heteroatoms. The molecular weight excluding hydrogens is 328 g/mol. The van der Waals surface area contributed by atoms with Crippen molar-refractivity contribution in [3.8, 4) is 5.75 Å². The zero-order valence-electron chi connectivity index (χ0n) is 13.2. The number of hydrogen-bond donors (Lipinski definition) is 1. The Morgan fingerprint density at radius 2 is 1.92 bits per heavy atom. The average molecular weight is 345 g/mol. The van der Waals surface area contributed by atoms with Crippen molar-refractivity contribution in [3.05, 3.63) is 59.1 Å². The lowest BCUT2D eigenvalue weighted by Crippen LogP contribution is -2.45. The van der Waals surface area contributed by atoms with Crippen LogP contribution in [0.5, 0.6) is 5.75 Å². The first kappa shape index (κ1) is 16.3. The number of rotatable bonds is 4. The highest BCUT2D eigenvalue weighted by molar-refractivity contribution is 6.30. The zero-order chi connectivity index (χ0) is 17.1. The van der Waals surface area contributed by atoms with Gasteiger partial charge in [0.25, 0.3) is 11.8 Å². The van der Waals surface area contributed by atoms with E-state index in [1.54, 1.807) is 36.2 Å². The van der Waals surface area contributed by atoms with E-state index < -0.39 is 6.10 Å². The molecule has 0 radical (unpaired) electrons. The van der Waals surface area contributed by atoms with Gasteiger partial charge in [-0.2, -0.15) is 0 Å². The maximum absolute atomic E-state index is 12.3. The van der Waals surface area contributed by atoms with Gasteiger partial charge in [0, 0.05) is 30.6 Å². The number of hydrogen-bond acceptors (Lipinski definition) is 3. The van der Waals surface area contributed by atoms with Crippen molar-refractivity contribution in [1.82, 2.24) is 5.32 Å². The smallest absolute Gasteiger partial charge is 0.267 e. The molecule has 0 saturated carbocycles. The summed E-state index contributed by atoms with van der Waals surface area (Å²) in [5.74, 6) is 0.353. The number of benzene rings is 2. The fourth-order valence-corrected chi connectivity index (χ4v) is 2.70. The fraction of sp³-hybridized carbons (Fsp3) is 0.222. The zero-order valence-corrected chi connectivity index (χ0v) is 13.9. The molecular formula is C18H17ClN2O3. The summed E-state index contributed by atoms with van der Waals surface area (Å²) < 4.78 is 5.76. The second-order valence-electron chi connectivity index (χ2n) is 5.52. The van der Waals surface area contributed by atoms with E-state index in [9.17, 15) is 9.59 Å². The highest BCUT2D eigenvalue weighted by atomic mass is 35.5. The van der Waals surface area contributed by atoms with Gasteiger partial charge in [0.1, 0.15) is 5.75 Å². The lowest BCUT2D eigenvalue weighted by Gasteiger charge is -2.31. The Hall–Kier alpha value is -2.53. The number of fused-ring (bicyclic) bond motifs is 1. The molecule has 0 bridgehead atoms. The molecule has 5 nitrogen and oxygen atoms in total. The minimum atomic E-state index is -0.601. The molecule has 2 amide bonds. The van der Waals surface area contributed by atoms with Gasteiger partial charge in [-0.15, -0.1) is 0 Å². The van der Waals surface area contributed by atoms with Crippen molar-refractivity contribution in [2.24, 2.45) is 0 Å². The molecule has 3 rings (SSSR count). The van der Waals surface area contributed by atoms with E-state index in [2.05, 4.69) is 5.32 Å².